The molecule has 0 aromatic carbocycles. The molecular weight excluding hydrogens is 382 g/mol. The number of aromatic nitrogens is 2. The summed E-state index contributed by atoms with van der Waals surface area (Å²) < 4.78 is 3.48. The molecule has 0 aliphatic heterocycles. The highest BCUT2D eigenvalue weighted by molar-refractivity contribution is 9.12. The molecule has 1 amide bonds. The van der Waals surface area contributed by atoms with Crippen molar-refractivity contribution < 1.29 is 4.79 Å². The number of rotatable bonds is 2. The Bertz CT molecular complexity index is 618. The van der Waals surface area contributed by atoms with Crippen LogP contribution in [0.3, 0.4) is 0 Å². The number of nitrogens with zero attached hydrogens (tertiary/aromatic N) is 2. The predicted octanol–water partition coefficient (Wildman–Crippen LogP) is 3.88. The van der Waals surface area contributed by atoms with Gasteiger partial charge < -0.3 is 5.32 Å². The van der Waals surface area contributed by atoms with E-state index in [1.165, 1.54) is 11.3 Å². The lowest BCUT2D eigenvalue weighted by atomic mass is 10.2. The van der Waals surface area contributed by atoms with Crippen molar-refractivity contribution in [3.05, 3.63) is 30.6 Å². The third-order valence-electron chi connectivity index (χ3n) is 2.65. The number of thiophene rings is 1. The summed E-state index contributed by atoms with van der Waals surface area (Å²) in [5.74, 6) is -0.136. The quantitative estimate of drug-likeness (QED) is 0.842. The summed E-state index contributed by atoms with van der Waals surface area (Å²) in [5, 5.41) is 7.17. The Morgan fingerprint density at radius 2 is 2.11 bits per heavy atom. The van der Waals surface area contributed by atoms with E-state index < -0.39 is 0 Å². The van der Waals surface area contributed by atoms with Crippen LogP contribution in [0.1, 0.15) is 21.7 Å². The molecule has 2 aromatic heterocycles. The molecule has 1 N–H and O–H groups in total. The fraction of sp³-hybridized carbons (Fsp3) is 0.273. The molecule has 7 heteroatoms. The van der Waals surface area contributed by atoms with Gasteiger partial charge in [-0.3, -0.25) is 9.48 Å². The molecule has 0 bridgehead atoms. The topological polar surface area (TPSA) is 46.9 Å². The van der Waals surface area contributed by atoms with Gasteiger partial charge in [-0.2, -0.15) is 5.10 Å². The van der Waals surface area contributed by atoms with Gasteiger partial charge >= 0.3 is 0 Å². The van der Waals surface area contributed by atoms with E-state index in [0.717, 1.165) is 24.6 Å². The maximum atomic E-state index is 12.2. The molecule has 4 nitrogen and oxygen atoms in total. The Labute approximate surface area is 126 Å². The van der Waals surface area contributed by atoms with E-state index >= 15 is 0 Å². The van der Waals surface area contributed by atoms with Crippen molar-refractivity contribution in [1.29, 1.82) is 0 Å². The number of amides is 1. The van der Waals surface area contributed by atoms with Gasteiger partial charge in [-0.15, -0.1) is 11.3 Å². The van der Waals surface area contributed by atoms with E-state index in [-0.39, 0.29) is 5.91 Å². The van der Waals surface area contributed by atoms with Crippen LogP contribution in [0.25, 0.3) is 0 Å². The van der Waals surface area contributed by atoms with Crippen LogP contribution in [0.5, 0.6) is 0 Å². The van der Waals surface area contributed by atoms with E-state index in [2.05, 4.69) is 42.3 Å². The standard InChI is InChI=1S/C11H11Br2N3OS/c1-5-9(6(2)16(3)15-5)14-11(17)7-4-8(12)18-10(7)13/h4H,1-3H3,(H,14,17). The molecule has 0 aliphatic rings. The zero-order valence-electron chi connectivity index (χ0n) is 10.0. The first kappa shape index (κ1) is 13.8. The van der Waals surface area contributed by atoms with Crippen molar-refractivity contribution in [1.82, 2.24) is 9.78 Å². The molecule has 0 saturated carbocycles. The fourth-order valence-electron chi connectivity index (χ4n) is 1.63. The van der Waals surface area contributed by atoms with Crippen LogP contribution in [0.15, 0.2) is 13.6 Å². The van der Waals surface area contributed by atoms with Gasteiger partial charge in [-0.05, 0) is 51.8 Å². The summed E-state index contributed by atoms with van der Waals surface area (Å²) in [6, 6.07) is 1.80. The first-order valence-electron chi connectivity index (χ1n) is 5.16. The van der Waals surface area contributed by atoms with Gasteiger partial charge in [0.1, 0.15) is 0 Å². The number of aryl methyl sites for hydroxylation is 2. The molecule has 0 spiro atoms. The minimum absolute atomic E-state index is 0.136. The van der Waals surface area contributed by atoms with Gasteiger partial charge in [0.2, 0.25) is 0 Å². The van der Waals surface area contributed by atoms with Crippen LogP contribution in [0.2, 0.25) is 0 Å². The van der Waals surface area contributed by atoms with E-state index in [1.54, 1.807) is 10.7 Å². The predicted molar refractivity (Wildman–Crippen MR) is 80.4 cm³/mol. The van der Waals surface area contributed by atoms with Crippen molar-refractivity contribution in [3.8, 4) is 0 Å². The fourth-order valence-corrected chi connectivity index (χ4v) is 4.42. The van der Waals surface area contributed by atoms with Crippen molar-refractivity contribution in [2.45, 2.75) is 13.8 Å². The molecule has 0 saturated heterocycles. The highest BCUT2D eigenvalue weighted by Gasteiger charge is 2.17. The van der Waals surface area contributed by atoms with Gasteiger partial charge in [0.05, 0.1) is 30.2 Å². The van der Waals surface area contributed by atoms with Gasteiger partial charge in [0.25, 0.3) is 5.91 Å². The monoisotopic (exact) mass is 391 g/mol. The molecule has 0 aliphatic carbocycles. The van der Waals surface area contributed by atoms with Crippen molar-refractivity contribution in [3.63, 3.8) is 0 Å². The summed E-state index contributed by atoms with van der Waals surface area (Å²) in [5.41, 5.74) is 3.14. The normalized spacial score (nSPS) is 10.7. The maximum absolute atomic E-state index is 12.2. The summed E-state index contributed by atoms with van der Waals surface area (Å²) in [6.07, 6.45) is 0. The van der Waals surface area contributed by atoms with Crippen molar-refractivity contribution in [2.75, 3.05) is 5.32 Å². The second-order valence-corrected chi connectivity index (χ2v) is 7.61. The molecule has 0 fully saturated rings. The first-order chi connectivity index (χ1) is 8.40. The summed E-state index contributed by atoms with van der Waals surface area (Å²) in [4.78, 5) is 12.2. The Morgan fingerprint density at radius 3 is 2.56 bits per heavy atom. The number of carbonyl (C=O) groups is 1. The minimum atomic E-state index is -0.136. The molecule has 0 radical (unpaired) electrons. The first-order valence-corrected chi connectivity index (χ1v) is 7.56. The molecule has 0 atom stereocenters. The Hall–Kier alpha value is -0.660. The van der Waals surface area contributed by atoms with Gasteiger partial charge in [0, 0.05) is 7.05 Å². The zero-order chi connectivity index (χ0) is 13.4. The van der Waals surface area contributed by atoms with Crippen molar-refractivity contribution in [2.24, 2.45) is 7.05 Å². The lowest BCUT2D eigenvalue weighted by Crippen LogP contribution is -2.12. The van der Waals surface area contributed by atoms with Crippen LogP contribution < -0.4 is 5.32 Å². The third-order valence-corrected chi connectivity index (χ3v) is 4.99. The Morgan fingerprint density at radius 1 is 1.44 bits per heavy atom. The third kappa shape index (κ3) is 2.53. The smallest absolute Gasteiger partial charge is 0.257 e. The van der Waals surface area contributed by atoms with Crippen LogP contribution in [0.4, 0.5) is 5.69 Å². The molecule has 2 aromatic rings. The average Bonchev–Trinajstić information content (AvgIpc) is 2.73. The lowest BCUT2D eigenvalue weighted by Gasteiger charge is -2.04. The van der Waals surface area contributed by atoms with Crippen LogP contribution in [-0.2, 0) is 7.05 Å². The van der Waals surface area contributed by atoms with Gasteiger partial charge in [-0.1, -0.05) is 0 Å². The van der Waals surface area contributed by atoms with E-state index in [9.17, 15) is 4.79 Å². The molecular formula is C11H11Br2N3OS. The second-order valence-electron chi connectivity index (χ2n) is 3.86. The summed E-state index contributed by atoms with van der Waals surface area (Å²) in [6.45, 7) is 3.80. The molecule has 96 valence electrons. The second kappa shape index (κ2) is 5.14. The van der Waals surface area contributed by atoms with Gasteiger partial charge in [0.15, 0.2) is 0 Å². The minimum Gasteiger partial charge on any atom is -0.319 e. The largest absolute Gasteiger partial charge is 0.319 e. The highest BCUT2D eigenvalue weighted by atomic mass is 79.9. The Kier molecular flexibility index (Phi) is 3.93. The van der Waals surface area contributed by atoms with Crippen molar-refractivity contribution >= 4 is 54.8 Å². The lowest BCUT2D eigenvalue weighted by molar-refractivity contribution is 0.102. The van der Waals surface area contributed by atoms with Crippen LogP contribution in [0, 0.1) is 13.8 Å². The number of anilines is 1. The number of hydrogen-bond donors (Lipinski definition) is 1. The molecule has 0 unspecified atom stereocenters. The van der Waals surface area contributed by atoms with Gasteiger partial charge in [-0.25, -0.2) is 0 Å². The Balaban J connectivity index is 2.29. The molecule has 2 rings (SSSR count). The number of hydrogen-bond acceptors (Lipinski definition) is 3. The average molecular weight is 393 g/mol. The van der Waals surface area contributed by atoms with Crippen LogP contribution in [-0.4, -0.2) is 15.7 Å². The van der Waals surface area contributed by atoms with E-state index in [4.69, 9.17) is 0 Å². The molecule has 18 heavy (non-hydrogen) atoms. The SMILES string of the molecule is Cc1nn(C)c(C)c1NC(=O)c1cc(Br)sc1Br. The maximum Gasteiger partial charge on any atom is 0.257 e. The van der Waals surface area contributed by atoms with E-state index in [0.29, 0.717) is 5.56 Å². The zero-order valence-corrected chi connectivity index (χ0v) is 14.0. The molecule has 2 heterocycles. The highest BCUT2D eigenvalue weighted by Crippen LogP contribution is 2.32. The summed E-state index contributed by atoms with van der Waals surface area (Å²) in [7, 11) is 1.86. The number of halogens is 2. The number of nitrogens with one attached hydrogen (secondary N) is 1. The number of carbonyl (C=O) groups excluding carboxylic acids is 1. The van der Waals surface area contributed by atoms with Crippen LogP contribution >= 0.6 is 43.2 Å². The van der Waals surface area contributed by atoms with E-state index in [1.807, 2.05) is 20.9 Å². The summed E-state index contributed by atoms with van der Waals surface area (Å²) >= 11 is 8.22.